The largest absolute Gasteiger partial charge is 0.497 e. The summed E-state index contributed by atoms with van der Waals surface area (Å²) in [6.07, 6.45) is 2.13. The second kappa shape index (κ2) is 7.04. The van der Waals surface area contributed by atoms with Crippen molar-refractivity contribution >= 4 is 5.91 Å². The summed E-state index contributed by atoms with van der Waals surface area (Å²) in [4.78, 5) is 12.0. The van der Waals surface area contributed by atoms with Crippen molar-refractivity contribution in [3.8, 4) is 5.75 Å². The van der Waals surface area contributed by atoms with Gasteiger partial charge in [-0.1, -0.05) is 19.9 Å². The van der Waals surface area contributed by atoms with Gasteiger partial charge in [0.15, 0.2) is 0 Å². The minimum Gasteiger partial charge on any atom is -0.497 e. The number of amides is 1. The van der Waals surface area contributed by atoms with E-state index in [1.54, 1.807) is 19.2 Å². The number of benzene rings is 1. The predicted octanol–water partition coefficient (Wildman–Crippen LogP) is 3.25. The zero-order valence-corrected chi connectivity index (χ0v) is 11.7. The van der Waals surface area contributed by atoms with Crippen molar-refractivity contribution in [3.63, 3.8) is 0 Å². The highest BCUT2D eigenvalue weighted by Gasteiger charge is 2.10. The first kappa shape index (κ1) is 14.6. The summed E-state index contributed by atoms with van der Waals surface area (Å²) < 4.78 is 5.11. The third-order valence-electron chi connectivity index (χ3n) is 2.89. The molecule has 0 bridgehead atoms. The molecule has 1 rings (SSSR count). The normalized spacial score (nSPS) is 12.3. The maximum Gasteiger partial charge on any atom is 0.251 e. The topological polar surface area (TPSA) is 38.3 Å². The van der Waals surface area contributed by atoms with Gasteiger partial charge in [0, 0.05) is 11.6 Å². The molecule has 0 radical (unpaired) electrons. The van der Waals surface area contributed by atoms with Gasteiger partial charge < -0.3 is 10.1 Å². The molecule has 18 heavy (non-hydrogen) atoms. The molecule has 100 valence electrons. The van der Waals surface area contributed by atoms with Gasteiger partial charge in [-0.25, -0.2) is 0 Å². The summed E-state index contributed by atoms with van der Waals surface area (Å²) in [6, 6.07) is 7.41. The number of carbonyl (C=O) groups excluding carboxylic acids is 1. The number of hydrogen-bond acceptors (Lipinski definition) is 2. The monoisotopic (exact) mass is 249 g/mol. The molecular weight excluding hydrogens is 226 g/mol. The molecule has 3 heteroatoms. The van der Waals surface area contributed by atoms with E-state index in [0.29, 0.717) is 17.2 Å². The lowest BCUT2D eigenvalue weighted by atomic mass is 10.0. The molecule has 0 fully saturated rings. The van der Waals surface area contributed by atoms with Crippen LogP contribution in [-0.4, -0.2) is 19.1 Å². The minimum absolute atomic E-state index is 0.0369. The van der Waals surface area contributed by atoms with Crippen LogP contribution in [0.3, 0.4) is 0 Å². The van der Waals surface area contributed by atoms with Crippen molar-refractivity contribution in [2.75, 3.05) is 7.11 Å². The van der Waals surface area contributed by atoms with Gasteiger partial charge in [0.2, 0.25) is 0 Å². The molecule has 0 aromatic heterocycles. The molecule has 0 heterocycles. The molecule has 0 aliphatic carbocycles. The zero-order chi connectivity index (χ0) is 13.5. The average Bonchev–Trinajstić information content (AvgIpc) is 2.36. The van der Waals surface area contributed by atoms with Crippen LogP contribution in [-0.2, 0) is 0 Å². The molecule has 1 unspecified atom stereocenters. The van der Waals surface area contributed by atoms with Gasteiger partial charge in [0.25, 0.3) is 5.91 Å². The maximum absolute atomic E-state index is 12.0. The molecule has 0 spiro atoms. The lowest BCUT2D eigenvalue weighted by Gasteiger charge is -2.15. The van der Waals surface area contributed by atoms with Gasteiger partial charge in [-0.05, 0) is 43.9 Å². The highest BCUT2D eigenvalue weighted by Crippen LogP contribution is 2.13. The Kier molecular flexibility index (Phi) is 5.69. The Morgan fingerprint density at radius 1 is 1.28 bits per heavy atom. The van der Waals surface area contributed by atoms with Gasteiger partial charge in [0.1, 0.15) is 5.75 Å². The molecule has 0 saturated heterocycles. The lowest BCUT2D eigenvalue weighted by molar-refractivity contribution is 0.0937. The first-order chi connectivity index (χ1) is 8.52. The first-order valence-electron chi connectivity index (χ1n) is 6.48. The predicted molar refractivity (Wildman–Crippen MR) is 74.0 cm³/mol. The zero-order valence-electron chi connectivity index (χ0n) is 11.7. The molecule has 1 amide bonds. The van der Waals surface area contributed by atoms with Gasteiger partial charge >= 0.3 is 0 Å². The smallest absolute Gasteiger partial charge is 0.251 e. The molecule has 0 aliphatic heterocycles. The molecule has 3 nitrogen and oxygen atoms in total. The lowest BCUT2D eigenvalue weighted by Crippen LogP contribution is -2.32. The van der Waals surface area contributed by atoms with Crippen LogP contribution >= 0.6 is 0 Å². The first-order valence-corrected chi connectivity index (χ1v) is 6.48. The van der Waals surface area contributed by atoms with Crippen LogP contribution in [0.2, 0.25) is 0 Å². The van der Waals surface area contributed by atoms with Crippen molar-refractivity contribution in [2.24, 2.45) is 5.92 Å². The summed E-state index contributed by atoms with van der Waals surface area (Å²) in [5, 5.41) is 3.01. The minimum atomic E-state index is -0.0369. The Hall–Kier alpha value is -1.51. The van der Waals surface area contributed by atoms with Gasteiger partial charge in [-0.15, -0.1) is 0 Å². The summed E-state index contributed by atoms with van der Waals surface area (Å²) in [6.45, 7) is 6.42. The summed E-state index contributed by atoms with van der Waals surface area (Å²) in [5.41, 5.74) is 0.644. The van der Waals surface area contributed by atoms with Gasteiger partial charge in [0.05, 0.1) is 7.11 Å². The fourth-order valence-electron chi connectivity index (χ4n) is 1.73. The van der Waals surface area contributed by atoms with Crippen LogP contribution in [0.1, 0.15) is 44.0 Å². The molecule has 1 atom stereocenters. The molecule has 0 aliphatic rings. The molecule has 1 aromatic rings. The Balaban J connectivity index is 2.53. The van der Waals surface area contributed by atoms with E-state index in [2.05, 4.69) is 19.2 Å². The van der Waals surface area contributed by atoms with Crippen LogP contribution < -0.4 is 10.1 Å². The molecule has 1 aromatic carbocycles. The van der Waals surface area contributed by atoms with Crippen molar-refractivity contribution in [1.29, 1.82) is 0 Å². The fourth-order valence-corrected chi connectivity index (χ4v) is 1.73. The van der Waals surface area contributed by atoms with E-state index in [1.165, 1.54) is 0 Å². The van der Waals surface area contributed by atoms with E-state index in [0.717, 1.165) is 12.8 Å². The number of hydrogen-bond donors (Lipinski definition) is 1. The van der Waals surface area contributed by atoms with E-state index in [9.17, 15) is 4.79 Å². The average molecular weight is 249 g/mol. The SMILES string of the molecule is COc1cccc(C(=O)NC(C)CCC(C)C)c1. The molecular formula is C15H23NO2. The maximum atomic E-state index is 12.0. The van der Waals surface area contributed by atoms with E-state index in [4.69, 9.17) is 4.74 Å². The Morgan fingerprint density at radius 3 is 2.61 bits per heavy atom. The Morgan fingerprint density at radius 2 is 2.00 bits per heavy atom. The van der Waals surface area contributed by atoms with Crippen molar-refractivity contribution < 1.29 is 9.53 Å². The summed E-state index contributed by atoms with van der Waals surface area (Å²) in [7, 11) is 1.60. The van der Waals surface area contributed by atoms with Crippen LogP contribution in [0.25, 0.3) is 0 Å². The quantitative estimate of drug-likeness (QED) is 0.840. The van der Waals surface area contributed by atoms with Crippen molar-refractivity contribution in [3.05, 3.63) is 29.8 Å². The highest BCUT2D eigenvalue weighted by atomic mass is 16.5. The second-order valence-corrected chi connectivity index (χ2v) is 5.08. The van der Waals surface area contributed by atoms with Crippen LogP contribution in [0.15, 0.2) is 24.3 Å². The molecule has 0 saturated carbocycles. The van der Waals surface area contributed by atoms with Gasteiger partial charge in [-0.2, -0.15) is 0 Å². The van der Waals surface area contributed by atoms with Gasteiger partial charge in [-0.3, -0.25) is 4.79 Å². The standard InChI is InChI=1S/C15H23NO2/c1-11(2)8-9-12(3)16-15(17)13-6-5-7-14(10-13)18-4/h5-7,10-12H,8-9H2,1-4H3,(H,16,17). The summed E-state index contributed by atoms with van der Waals surface area (Å²) in [5.74, 6) is 1.34. The van der Waals surface area contributed by atoms with E-state index in [-0.39, 0.29) is 11.9 Å². The third-order valence-corrected chi connectivity index (χ3v) is 2.89. The van der Waals surface area contributed by atoms with Crippen molar-refractivity contribution in [2.45, 2.75) is 39.7 Å². The van der Waals surface area contributed by atoms with Crippen LogP contribution in [0.5, 0.6) is 5.75 Å². The van der Waals surface area contributed by atoms with E-state index >= 15 is 0 Å². The van der Waals surface area contributed by atoms with E-state index < -0.39 is 0 Å². The number of carbonyl (C=O) groups is 1. The van der Waals surface area contributed by atoms with Crippen molar-refractivity contribution in [1.82, 2.24) is 5.32 Å². The fraction of sp³-hybridized carbons (Fsp3) is 0.533. The Bertz CT molecular complexity index is 388. The number of ether oxygens (including phenoxy) is 1. The number of nitrogens with one attached hydrogen (secondary N) is 1. The number of rotatable bonds is 6. The van der Waals surface area contributed by atoms with E-state index in [1.807, 2.05) is 19.1 Å². The van der Waals surface area contributed by atoms with Crippen LogP contribution in [0, 0.1) is 5.92 Å². The second-order valence-electron chi connectivity index (χ2n) is 5.08. The summed E-state index contributed by atoms with van der Waals surface area (Å²) >= 11 is 0. The molecule has 1 N–H and O–H groups in total. The highest BCUT2D eigenvalue weighted by molar-refractivity contribution is 5.94. The number of methoxy groups -OCH3 is 1. The third kappa shape index (κ3) is 4.78. The Labute approximate surface area is 110 Å². The van der Waals surface area contributed by atoms with Crippen LogP contribution in [0.4, 0.5) is 0 Å².